The summed E-state index contributed by atoms with van der Waals surface area (Å²) in [7, 11) is 0. The Morgan fingerprint density at radius 2 is 2.06 bits per heavy atom. The summed E-state index contributed by atoms with van der Waals surface area (Å²) < 4.78 is 0. The molecule has 1 N–H and O–H groups in total. The first kappa shape index (κ1) is 14.9. The molecule has 0 radical (unpaired) electrons. The number of carbonyl (C=O) groups is 1. The summed E-state index contributed by atoms with van der Waals surface area (Å²) in [6.07, 6.45) is 0.883. The minimum Gasteiger partial charge on any atom is -0.350 e. The van der Waals surface area contributed by atoms with Gasteiger partial charge in [-0.05, 0) is 32.3 Å². The van der Waals surface area contributed by atoms with Gasteiger partial charge >= 0.3 is 0 Å². The molecule has 1 heterocycles. The van der Waals surface area contributed by atoms with Gasteiger partial charge in [-0.15, -0.1) is 11.6 Å². The Bertz CT molecular complexity index is 421. The second-order valence-electron chi connectivity index (χ2n) is 4.92. The van der Waals surface area contributed by atoms with Crippen molar-refractivity contribution in [2.75, 3.05) is 6.54 Å². The van der Waals surface area contributed by atoms with Gasteiger partial charge in [0.05, 0.1) is 22.3 Å². The topological polar surface area (TPSA) is 54.9 Å². The molecule has 100 valence electrons. The van der Waals surface area contributed by atoms with Crippen LogP contribution >= 0.6 is 11.6 Å². The summed E-state index contributed by atoms with van der Waals surface area (Å²) in [4.78, 5) is 12.0. The van der Waals surface area contributed by atoms with Crippen molar-refractivity contribution in [3.05, 3.63) is 23.0 Å². The van der Waals surface area contributed by atoms with Gasteiger partial charge in [0.15, 0.2) is 0 Å². The van der Waals surface area contributed by atoms with Crippen LogP contribution < -0.4 is 5.32 Å². The maximum atomic E-state index is 12.0. The van der Waals surface area contributed by atoms with Gasteiger partial charge in [-0.3, -0.25) is 4.79 Å². The SMILES string of the molecule is Cc1cc(C(=O)NCC(Cl)CC(C)C)c(C)nn1. The Morgan fingerprint density at radius 3 is 2.67 bits per heavy atom. The third-order valence-corrected chi connectivity index (χ3v) is 2.89. The fraction of sp³-hybridized carbons (Fsp3) is 0.615. The van der Waals surface area contributed by atoms with Crippen LogP contribution in [0.15, 0.2) is 6.07 Å². The van der Waals surface area contributed by atoms with Gasteiger partial charge < -0.3 is 5.32 Å². The van der Waals surface area contributed by atoms with Gasteiger partial charge in [0.25, 0.3) is 5.91 Å². The van der Waals surface area contributed by atoms with Crippen LogP contribution in [-0.4, -0.2) is 28.0 Å². The minimum atomic E-state index is -0.139. The number of aromatic nitrogens is 2. The molecular weight excluding hydrogens is 250 g/mol. The summed E-state index contributed by atoms with van der Waals surface area (Å²) >= 11 is 6.14. The lowest BCUT2D eigenvalue weighted by atomic mass is 10.1. The first-order valence-corrected chi connectivity index (χ1v) is 6.57. The summed E-state index contributed by atoms with van der Waals surface area (Å²) in [5.41, 5.74) is 1.93. The molecule has 5 heteroatoms. The van der Waals surface area contributed by atoms with Crippen molar-refractivity contribution in [3.8, 4) is 0 Å². The van der Waals surface area contributed by atoms with E-state index < -0.39 is 0 Å². The van der Waals surface area contributed by atoms with Gasteiger partial charge in [-0.2, -0.15) is 10.2 Å². The van der Waals surface area contributed by atoms with Crippen LogP contribution in [0.25, 0.3) is 0 Å². The standard InChI is InChI=1S/C13H20ClN3O/c1-8(2)5-11(14)7-15-13(18)12-6-9(3)16-17-10(12)4/h6,8,11H,5,7H2,1-4H3,(H,15,18). The zero-order valence-corrected chi connectivity index (χ0v) is 12.1. The van der Waals surface area contributed by atoms with E-state index in [9.17, 15) is 4.79 Å². The van der Waals surface area contributed by atoms with Crippen molar-refractivity contribution in [1.82, 2.24) is 15.5 Å². The Balaban J connectivity index is 2.58. The summed E-state index contributed by atoms with van der Waals surface area (Å²) in [6, 6.07) is 1.74. The predicted octanol–water partition coefficient (Wildman–Crippen LogP) is 2.48. The Labute approximate surface area is 113 Å². The Kier molecular flexibility index (Phi) is 5.54. The van der Waals surface area contributed by atoms with E-state index in [0.717, 1.165) is 12.1 Å². The zero-order valence-electron chi connectivity index (χ0n) is 11.3. The maximum Gasteiger partial charge on any atom is 0.253 e. The largest absolute Gasteiger partial charge is 0.350 e. The molecule has 0 aliphatic rings. The lowest BCUT2D eigenvalue weighted by Gasteiger charge is -2.13. The molecule has 1 aromatic rings. The van der Waals surface area contributed by atoms with Crippen molar-refractivity contribution in [3.63, 3.8) is 0 Å². The normalized spacial score (nSPS) is 12.6. The highest BCUT2D eigenvalue weighted by molar-refractivity contribution is 6.21. The Morgan fingerprint density at radius 1 is 1.39 bits per heavy atom. The number of hydrogen-bond donors (Lipinski definition) is 1. The van der Waals surface area contributed by atoms with Crippen LogP contribution in [0.5, 0.6) is 0 Å². The molecule has 0 fully saturated rings. The molecule has 1 rings (SSSR count). The molecule has 0 saturated heterocycles. The van der Waals surface area contributed by atoms with E-state index in [4.69, 9.17) is 11.6 Å². The van der Waals surface area contributed by atoms with Gasteiger partial charge in [0.2, 0.25) is 0 Å². The van der Waals surface area contributed by atoms with Gasteiger partial charge in [-0.25, -0.2) is 0 Å². The molecule has 0 aliphatic heterocycles. The van der Waals surface area contributed by atoms with Crippen molar-refractivity contribution in [2.24, 2.45) is 5.92 Å². The highest BCUT2D eigenvalue weighted by atomic mass is 35.5. The second-order valence-corrected chi connectivity index (χ2v) is 5.54. The third-order valence-electron chi connectivity index (χ3n) is 2.56. The third kappa shape index (κ3) is 4.61. The first-order valence-electron chi connectivity index (χ1n) is 6.13. The smallest absolute Gasteiger partial charge is 0.253 e. The molecule has 1 amide bonds. The monoisotopic (exact) mass is 269 g/mol. The lowest BCUT2D eigenvalue weighted by molar-refractivity contribution is 0.0951. The molecule has 0 spiro atoms. The fourth-order valence-corrected chi connectivity index (χ4v) is 2.11. The van der Waals surface area contributed by atoms with Crippen LogP contribution in [0.1, 0.15) is 42.0 Å². The average molecular weight is 270 g/mol. The second kappa shape index (κ2) is 6.69. The zero-order chi connectivity index (χ0) is 13.7. The number of halogens is 1. The van der Waals surface area contributed by atoms with Crippen molar-refractivity contribution in [2.45, 2.75) is 39.5 Å². The van der Waals surface area contributed by atoms with E-state index in [1.54, 1.807) is 13.0 Å². The number of nitrogens with one attached hydrogen (secondary N) is 1. The molecule has 0 saturated carbocycles. The quantitative estimate of drug-likeness (QED) is 0.836. The number of rotatable bonds is 5. The van der Waals surface area contributed by atoms with E-state index in [-0.39, 0.29) is 11.3 Å². The number of aryl methyl sites for hydroxylation is 2. The molecule has 4 nitrogen and oxygen atoms in total. The molecule has 0 aromatic carbocycles. The molecule has 1 atom stereocenters. The van der Waals surface area contributed by atoms with E-state index in [0.29, 0.717) is 23.7 Å². The number of alkyl halides is 1. The summed E-state index contributed by atoms with van der Waals surface area (Å²) in [5, 5.41) is 10.6. The minimum absolute atomic E-state index is 0.0369. The van der Waals surface area contributed by atoms with E-state index in [1.165, 1.54) is 0 Å². The first-order chi connectivity index (χ1) is 8.40. The number of carbonyl (C=O) groups excluding carboxylic acids is 1. The Hall–Kier alpha value is -1.16. The lowest BCUT2D eigenvalue weighted by Crippen LogP contribution is -2.31. The highest BCUT2D eigenvalue weighted by Crippen LogP contribution is 2.10. The van der Waals surface area contributed by atoms with E-state index in [1.807, 2.05) is 6.92 Å². The number of nitrogens with zero attached hydrogens (tertiary/aromatic N) is 2. The van der Waals surface area contributed by atoms with Crippen molar-refractivity contribution >= 4 is 17.5 Å². The summed E-state index contributed by atoms with van der Waals surface area (Å²) in [5.74, 6) is 0.385. The molecule has 18 heavy (non-hydrogen) atoms. The van der Waals surface area contributed by atoms with Crippen molar-refractivity contribution < 1.29 is 4.79 Å². The molecule has 0 bridgehead atoms. The molecular formula is C13H20ClN3O. The van der Waals surface area contributed by atoms with Crippen LogP contribution in [0.4, 0.5) is 0 Å². The van der Waals surface area contributed by atoms with Gasteiger partial charge in [0, 0.05) is 6.54 Å². The molecule has 1 unspecified atom stereocenters. The fourth-order valence-electron chi connectivity index (χ4n) is 1.67. The number of hydrogen-bond acceptors (Lipinski definition) is 3. The van der Waals surface area contributed by atoms with Crippen LogP contribution in [-0.2, 0) is 0 Å². The van der Waals surface area contributed by atoms with E-state index in [2.05, 4.69) is 29.4 Å². The van der Waals surface area contributed by atoms with Gasteiger partial charge in [0.1, 0.15) is 0 Å². The van der Waals surface area contributed by atoms with E-state index >= 15 is 0 Å². The van der Waals surface area contributed by atoms with Crippen molar-refractivity contribution in [1.29, 1.82) is 0 Å². The highest BCUT2D eigenvalue weighted by Gasteiger charge is 2.13. The van der Waals surface area contributed by atoms with Crippen LogP contribution in [0.3, 0.4) is 0 Å². The summed E-state index contributed by atoms with van der Waals surface area (Å²) in [6.45, 7) is 8.27. The molecule has 1 aromatic heterocycles. The maximum absolute atomic E-state index is 12.0. The predicted molar refractivity (Wildman–Crippen MR) is 72.9 cm³/mol. The average Bonchev–Trinajstić information content (AvgIpc) is 2.28. The van der Waals surface area contributed by atoms with Crippen LogP contribution in [0, 0.1) is 19.8 Å². The van der Waals surface area contributed by atoms with Crippen LogP contribution in [0.2, 0.25) is 0 Å². The number of amides is 1. The molecule has 0 aliphatic carbocycles. The van der Waals surface area contributed by atoms with Gasteiger partial charge in [-0.1, -0.05) is 13.8 Å².